The quantitative estimate of drug-likeness (QED) is 0.299. The predicted octanol–water partition coefficient (Wildman–Crippen LogP) is 6.42. The van der Waals surface area contributed by atoms with Gasteiger partial charge in [0.05, 0.1) is 12.7 Å². The number of hydrogen-bond donors (Lipinski definition) is 0. The molecule has 0 N–H and O–H groups in total. The van der Waals surface area contributed by atoms with Gasteiger partial charge in [-0.3, -0.25) is 0 Å². The topological polar surface area (TPSA) is 61.4 Å². The van der Waals surface area contributed by atoms with E-state index < -0.39 is 0 Å². The molecular weight excluding hydrogens is 436 g/mol. The van der Waals surface area contributed by atoms with Crippen LogP contribution in [0.1, 0.15) is 13.8 Å². The molecule has 0 aliphatic heterocycles. The van der Waals surface area contributed by atoms with Gasteiger partial charge in [-0.15, -0.1) is 22.7 Å². The fourth-order valence-corrected chi connectivity index (χ4v) is 4.82. The van der Waals surface area contributed by atoms with Crippen molar-refractivity contribution in [3.05, 3.63) is 72.2 Å². The molecule has 0 aliphatic carbocycles. The summed E-state index contributed by atoms with van der Waals surface area (Å²) in [7, 11) is 3.92. The average Bonchev–Trinajstić information content (AvgIpc) is 3.64. The van der Waals surface area contributed by atoms with Crippen molar-refractivity contribution in [3.63, 3.8) is 0 Å². The second kappa shape index (κ2) is 9.84. The fourth-order valence-electron chi connectivity index (χ4n) is 3.32. The molecule has 6 nitrogen and oxygen atoms in total. The first-order valence-electron chi connectivity index (χ1n) is 10.3. The lowest BCUT2D eigenvalue weighted by molar-refractivity contribution is 0.931. The van der Waals surface area contributed by atoms with E-state index in [2.05, 4.69) is 55.0 Å². The molecule has 32 heavy (non-hydrogen) atoms. The number of thiophene rings is 2. The van der Waals surface area contributed by atoms with Gasteiger partial charge >= 0.3 is 0 Å². The highest BCUT2D eigenvalue weighted by molar-refractivity contribution is 7.13. The predicted molar refractivity (Wildman–Crippen MR) is 135 cm³/mol. The minimum atomic E-state index is 0.931. The SMILES string of the molecule is CC.Cn1cnc2c(-c3cccs3)ccnc21.Cn1cnc2c(-c3cccs3)ccnc21. The summed E-state index contributed by atoms with van der Waals surface area (Å²) < 4.78 is 3.87. The number of fused-ring (bicyclic) bond motifs is 2. The van der Waals surface area contributed by atoms with E-state index in [-0.39, 0.29) is 0 Å². The van der Waals surface area contributed by atoms with Crippen molar-refractivity contribution < 1.29 is 0 Å². The summed E-state index contributed by atoms with van der Waals surface area (Å²) in [6.07, 6.45) is 7.27. The summed E-state index contributed by atoms with van der Waals surface area (Å²) in [6, 6.07) is 12.3. The molecule has 0 atom stereocenters. The Morgan fingerprint density at radius 2 is 1.06 bits per heavy atom. The van der Waals surface area contributed by atoms with Crippen LogP contribution in [0.15, 0.2) is 72.2 Å². The van der Waals surface area contributed by atoms with Crippen LogP contribution < -0.4 is 0 Å². The van der Waals surface area contributed by atoms with E-state index in [1.54, 1.807) is 35.3 Å². The number of imidazole rings is 2. The van der Waals surface area contributed by atoms with E-state index in [0.717, 1.165) is 33.5 Å². The number of hydrogen-bond acceptors (Lipinski definition) is 6. The molecule has 0 spiro atoms. The van der Waals surface area contributed by atoms with Gasteiger partial charge in [-0.2, -0.15) is 0 Å². The van der Waals surface area contributed by atoms with Crippen LogP contribution in [0.2, 0.25) is 0 Å². The molecule has 0 aliphatic rings. The Morgan fingerprint density at radius 3 is 1.44 bits per heavy atom. The van der Waals surface area contributed by atoms with E-state index in [1.807, 2.05) is 61.6 Å². The molecule has 6 aromatic heterocycles. The molecule has 0 unspecified atom stereocenters. The Hall–Kier alpha value is -3.36. The van der Waals surface area contributed by atoms with Gasteiger partial charge in [-0.25, -0.2) is 19.9 Å². The summed E-state index contributed by atoms with van der Waals surface area (Å²) in [4.78, 5) is 19.9. The molecule has 0 amide bonds. The lowest BCUT2D eigenvalue weighted by Gasteiger charge is -1.98. The van der Waals surface area contributed by atoms with Crippen molar-refractivity contribution >= 4 is 45.0 Å². The van der Waals surface area contributed by atoms with Gasteiger partial charge < -0.3 is 9.13 Å². The van der Waals surface area contributed by atoms with Crippen LogP contribution >= 0.6 is 22.7 Å². The van der Waals surface area contributed by atoms with E-state index in [1.165, 1.54) is 9.75 Å². The normalized spacial score (nSPS) is 10.5. The molecule has 0 bridgehead atoms. The van der Waals surface area contributed by atoms with Crippen LogP contribution in [-0.4, -0.2) is 29.1 Å². The van der Waals surface area contributed by atoms with Crippen LogP contribution in [-0.2, 0) is 14.1 Å². The first-order chi connectivity index (χ1) is 15.7. The van der Waals surface area contributed by atoms with Crippen molar-refractivity contribution in [2.24, 2.45) is 14.1 Å². The number of aryl methyl sites for hydroxylation is 2. The summed E-state index contributed by atoms with van der Waals surface area (Å²) in [5.74, 6) is 0. The third kappa shape index (κ3) is 4.19. The first-order valence-corrected chi connectivity index (χ1v) is 12.1. The smallest absolute Gasteiger partial charge is 0.160 e. The highest BCUT2D eigenvalue weighted by atomic mass is 32.1. The van der Waals surface area contributed by atoms with Gasteiger partial charge in [0.25, 0.3) is 0 Å². The molecule has 162 valence electrons. The summed E-state index contributed by atoms with van der Waals surface area (Å²) >= 11 is 3.45. The maximum Gasteiger partial charge on any atom is 0.160 e. The lowest BCUT2D eigenvalue weighted by atomic mass is 10.2. The molecule has 6 aromatic rings. The van der Waals surface area contributed by atoms with Gasteiger partial charge in [0.1, 0.15) is 11.0 Å². The zero-order valence-corrected chi connectivity index (χ0v) is 20.1. The molecule has 0 saturated heterocycles. The van der Waals surface area contributed by atoms with E-state index in [0.29, 0.717) is 0 Å². The number of rotatable bonds is 2. The van der Waals surface area contributed by atoms with Gasteiger partial charge in [-0.05, 0) is 35.0 Å². The van der Waals surface area contributed by atoms with Crippen LogP contribution in [0, 0.1) is 0 Å². The minimum absolute atomic E-state index is 0.931. The highest BCUT2D eigenvalue weighted by Crippen LogP contribution is 2.30. The van der Waals surface area contributed by atoms with Crippen molar-refractivity contribution in [1.82, 2.24) is 29.1 Å². The number of aromatic nitrogens is 6. The lowest BCUT2D eigenvalue weighted by Crippen LogP contribution is -1.87. The van der Waals surface area contributed by atoms with Gasteiger partial charge in [0.15, 0.2) is 11.3 Å². The van der Waals surface area contributed by atoms with E-state index >= 15 is 0 Å². The monoisotopic (exact) mass is 460 g/mol. The zero-order chi connectivity index (χ0) is 22.5. The van der Waals surface area contributed by atoms with Gasteiger partial charge in [0.2, 0.25) is 0 Å². The van der Waals surface area contributed by atoms with Crippen molar-refractivity contribution in [1.29, 1.82) is 0 Å². The van der Waals surface area contributed by atoms with E-state index in [4.69, 9.17) is 0 Å². The van der Waals surface area contributed by atoms with Crippen LogP contribution in [0.5, 0.6) is 0 Å². The minimum Gasteiger partial charge on any atom is -0.318 e. The molecule has 6 rings (SSSR count). The number of nitrogens with zero attached hydrogens (tertiary/aromatic N) is 6. The molecule has 0 aromatic carbocycles. The van der Waals surface area contributed by atoms with Crippen LogP contribution in [0.3, 0.4) is 0 Å². The van der Waals surface area contributed by atoms with Crippen LogP contribution in [0.4, 0.5) is 0 Å². The molecule has 6 heterocycles. The fraction of sp³-hybridized carbons (Fsp3) is 0.167. The Morgan fingerprint density at radius 1 is 0.625 bits per heavy atom. The molecule has 8 heteroatoms. The Balaban J connectivity index is 0.000000142. The molecule has 0 radical (unpaired) electrons. The average molecular weight is 461 g/mol. The summed E-state index contributed by atoms with van der Waals surface area (Å²) in [6.45, 7) is 4.00. The Labute approximate surface area is 194 Å². The first kappa shape index (κ1) is 21.9. The molecule has 0 fully saturated rings. The third-order valence-electron chi connectivity index (χ3n) is 4.77. The van der Waals surface area contributed by atoms with Crippen molar-refractivity contribution in [2.45, 2.75) is 13.8 Å². The third-order valence-corrected chi connectivity index (χ3v) is 6.58. The highest BCUT2D eigenvalue weighted by Gasteiger charge is 2.09. The van der Waals surface area contributed by atoms with Crippen LogP contribution in [0.25, 0.3) is 43.2 Å². The maximum atomic E-state index is 4.38. The van der Waals surface area contributed by atoms with E-state index in [9.17, 15) is 0 Å². The largest absolute Gasteiger partial charge is 0.318 e. The second-order valence-electron chi connectivity index (χ2n) is 6.73. The summed E-state index contributed by atoms with van der Waals surface area (Å²) in [5.41, 5.74) is 6.14. The second-order valence-corrected chi connectivity index (χ2v) is 8.62. The Bertz CT molecular complexity index is 1300. The van der Waals surface area contributed by atoms with Gasteiger partial charge in [-0.1, -0.05) is 26.0 Å². The number of pyridine rings is 2. The standard InChI is InChI=1S/2C11H9N3S.C2H6/c2*1-14-7-13-10-8(4-5-12-11(10)14)9-3-2-6-15-9;1-2/h2*2-7H,1H3;1-2H3. The summed E-state index contributed by atoms with van der Waals surface area (Å²) in [5, 5.41) is 4.15. The zero-order valence-electron chi connectivity index (χ0n) is 18.4. The Kier molecular flexibility index (Phi) is 6.72. The maximum absolute atomic E-state index is 4.38. The van der Waals surface area contributed by atoms with Crippen molar-refractivity contribution in [3.8, 4) is 20.9 Å². The molecule has 0 saturated carbocycles. The van der Waals surface area contributed by atoms with Gasteiger partial charge in [0, 0.05) is 47.4 Å². The molecular formula is C24H24N6S2. The van der Waals surface area contributed by atoms with Crippen molar-refractivity contribution in [2.75, 3.05) is 0 Å².